The minimum atomic E-state index is -0.508. The largest absolute Gasteiger partial charge is 0.288 e. The molecule has 2 aromatic carbocycles. The summed E-state index contributed by atoms with van der Waals surface area (Å²) in [5.74, 6) is -0.815. The fourth-order valence-electron chi connectivity index (χ4n) is 1.65. The number of carbonyl (C=O) groups excluding carboxylic acids is 1. The summed E-state index contributed by atoms with van der Waals surface area (Å²) in [5, 5.41) is 0. The predicted octanol–water partition coefficient (Wildman–Crippen LogP) is 4.13. The van der Waals surface area contributed by atoms with E-state index in [1.165, 1.54) is 6.07 Å². The van der Waals surface area contributed by atoms with Crippen molar-refractivity contribution in [3.05, 3.63) is 69.4 Å². The maximum Gasteiger partial charge on any atom is 0.197 e. The maximum absolute atomic E-state index is 13.6. The molecule has 86 valence electrons. The lowest BCUT2D eigenvalue weighted by atomic mass is 10.0. The molecular weight excluding hydrogens is 283 g/mol. The molecule has 0 radical (unpaired) electrons. The average Bonchev–Trinajstić information content (AvgIpc) is 2.28. The van der Waals surface area contributed by atoms with E-state index < -0.39 is 5.82 Å². The van der Waals surface area contributed by atoms with Crippen LogP contribution in [0.15, 0.2) is 46.9 Å². The van der Waals surface area contributed by atoms with Gasteiger partial charge in [-0.05, 0) is 41.1 Å². The summed E-state index contributed by atoms with van der Waals surface area (Å²) >= 11 is 3.20. The molecule has 0 atom stereocenters. The minimum absolute atomic E-state index is 0.0816. The number of hydrogen-bond donors (Lipinski definition) is 0. The Morgan fingerprint density at radius 1 is 1.18 bits per heavy atom. The minimum Gasteiger partial charge on any atom is -0.288 e. The van der Waals surface area contributed by atoms with E-state index in [4.69, 9.17) is 0 Å². The van der Waals surface area contributed by atoms with Crippen LogP contribution in [0.3, 0.4) is 0 Å². The molecule has 0 aliphatic rings. The van der Waals surface area contributed by atoms with Crippen molar-refractivity contribution in [3.8, 4) is 0 Å². The van der Waals surface area contributed by atoms with Crippen LogP contribution < -0.4 is 0 Å². The Balaban J connectivity index is 2.51. The van der Waals surface area contributed by atoms with Crippen molar-refractivity contribution in [2.24, 2.45) is 0 Å². The van der Waals surface area contributed by atoms with Gasteiger partial charge in [0.25, 0.3) is 0 Å². The number of halogens is 2. The van der Waals surface area contributed by atoms with Crippen LogP contribution in [-0.2, 0) is 0 Å². The summed E-state index contributed by atoms with van der Waals surface area (Å²) in [5.41, 5.74) is 1.55. The molecule has 3 heteroatoms. The first-order valence-electron chi connectivity index (χ1n) is 5.15. The predicted molar refractivity (Wildman–Crippen MR) is 68.7 cm³/mol. The van der Waals surface area contributed by atoms with Gasteiger partial charge in [0.15, 0.2) is 5.78 Å². The number of benzene rings is 2. The Morgan fingerprint density at radius 3 is 2.53 bits per heavy atom. The van der Waals surface area contributed by atoms with E-state index in [-0.39, 0.29) is 11.3 Å². The van der Waals surface area contributed by atoms with Gasteiger partial charge < -0.3 is 0 Å². The van der Waals surface area contributed by atoms with E-state index in [9.17, 15) is 9.18 Å². The molecule has 0 aliphatic carbocycles. The summed E-state index contributed by atoms with van der Waals surface area (Å²) in [7, 11) is 0. The first-order chi connectivity index (χ1) is 8.09. The maximum atomic E-state index is 13.6. The van der Waals surface area contributed by atoms with Gasteiger partial charge in [-0.25, -0.2) is 4.39 Å². The molecule has 0 fully saturated rings. The van der Waals surface area contributed by atoms with Gasteiger partial charge in [-0.3, -0.25) is 4.79 Å². The third-order valence-corrected chi connectivity index (χ3v) is 3.13. The third kappa shape index (κ3) is 2.44. The van der Waals surface area contributed by atoms with Crippen LogP contribution in [0.2, 0.25) is 0 Å². The normalized spacial score (nSPS) is 10.3. The highest BCUT2D eigenvalue weighted by molar-refractivity contribution is 9.10. The van der Waals surface area contributed by atoms with Crippen LogP contribution in [0.25, 0.3) is 0 Å². The monoisotopic (exact) mass is 292 g/mol. The number of ketones is 1. The number of rotatable bonds is 2. The third-order valence-electron chi connectivity index (χ3n) is 2.47. The molecule has 2 aromatic rings. The van der Waals surface area contributed by atoms with Crippen molar-refractivity contribution < 1.29 is 9.18 Å². The standard InChI is InChI=1S/C14H10BrFO/c1-9-4-2-5-10(8-9)14(17)13-11(15)6-3-7-12(13)16/h2-8H,1H3. The van der Waals surface area contributed by atoms with Crippen LogP contribution >= 0.6 is 15.9 Å². The molecule has 1 nitrogen and oxygen atoms in total. The van der Waals surface area contributed by atoms with Gasteiger partial charge in [0.1, 0.15) is 5.82 Å². The van der Waals surface area contributed by atoms with E-state index in [0.717, 1.165) is 5.56 Å². The van der Waals surface area contributed by atoms with Crippen molar-refractivity contribution >= 4 is 21.7 Å². The zero-order chi connectivity index (χ0) is 12.4. The van der Waals surface area contributed by atoms with E-state index in [0.29, 0.717) is 10.0 Å². The molecule has 0 aliphatic heterocycles. The molecule has 0 saturated carbocycles. The quantitative estimate of drug-likeness (QED) is 0.761. The van der Waals surface area contributed by atoms with Crippen LogP contribution in [-0.4, -0.2) is 5.78 Å². The average molecular weight is 293 g/mol. The summed E-state index contributed by atoms with van der Waals surface area (Å²) in [6, 6.07) is 11.6. The second-order valence-corrected chi connectivity index (χ2v) is 4.65. The first kappa shape index (κ1) is 12.0. The Hall–Kier alpha value is -1.48. The van der Waals surface area contributed by atoms with Gasteiger partial charge in [-0.2, -0.15) is 0 Å². The lowest BCUT2D eigenvalue weighted by molar-refractivity contribution is 0.103. The van der Waals surface area contributed by atoms with E-state index >= 15 is 0 Å². The van der Waals surface area contributed by atoms with Gasteiger partial charge >= 0.3 is 0 Å². The van der Waals surface area contributed by atoms with Gasteiger partial charge in [-0.1, -0.05) is 29.8 Å². The zero-order valence-electron chi connectivity index (χ0n) is 9.21. The Morgan fingerprint density at radius 2 is 1.88 bits per heavy atom. The van der Waals surface area contributed by atoms with Crippen molar-refractivity contribution in [1.29, 1.82) is 0 Å². The smallest absolute Gasteiger partial charge is 0.197 e. The second-order valence-electron chi connectivity index (χ2n) is 3.80. The zero-order valence-corrected chi connectivity index (χ0v) is 10.8. The summed E-state index contributed by atoms with van der Waals surface area (Å²) < 4.78 is 14.1. The topological polar surface area (TPSA) is 17.1 Å². The molecular formula is C14H10BrFO. The number of carbonyl (C=O) groups is 1. The second kappa shape index (κ2) is 4.80. The highest BCUT2D eigenvalue weighted by Crippen LogP contribution is 2.23. The summed E-state index contributed by atoms with van der Waals surface area (Å²) in [6.45, 7) is 1.90. The van der Waals surface area contributed by atoms with Crippen LogP contribution in [0.1, 0.15) is 21.5 Å². The van der Waals surface area contributed by atoms with Crippen molar-refractivity contribution in [1.82, 2.24) is 0 Å². The van der Waals surface area contributed by atoms with Crippen molar-refractivity contribution in [3.63, 3.8) is 0 Å². The highest BCUT2D eigenvalue weighted by Gasteiger charge is 2.16. The molecule has 0 saturated heterocycles. The number of hydrogen-bond acceptors (Lipinski definition) is 1. The number of aryl methyl sites for hydroxylation is 1. The van der Waals surface area contributed by atoms with Crippen LogP contribution in [0.4, 0.5) is 4.39 Å². The van der Waals surface area contributed by atoms with E-state index in [1.54, 1.807) is 30.3 Å². The Bertz CT molecular complexity index is 558. The fraction of sp³-hybridized carbons (Fsp3) is 0.0714. The van der Waals surface area contributed by atoms with Gasteiger partial charge in [0.2, 0.25) is 0 Å². The summed E-state index contributed by atoms with van der Waals surface area (Å²) in [6.07, 6.45) is 0. The lowest BCUT2D eigenvalue weighted by Crippen LogP contribution is -2.05. The Kier molecular flexibility index (Phi) is 3.38. The molecule has 0 N–H and O–H groups in total. The fourth-order valence-corrected chi connectivity index (χ4v) is 2.17. The van der Waals surface area contributed by atoms with E-state index in [1.807, 2.05) is 13.0 Å². The molecule has 17 heavy (non-hydrogen) atoms. The Labute approximate surface area is 107 Å². The molecule has 0 amide bonds. The van der Waals surface area contributed by atoms with Crippen LogP contribution in [0.5, 0.6) is 0 Å². The van der Waals surface area contributed by atoms with Crippen molar-refractivity contribution in [2.75, 3.05) is 0 Å². The summed E-state index contributed by atoms with van der Waals surface area (Å²) in [4.78, 5) is 12.2. The molecule has 0 spiro atoms. The van der Waals surface area contributed by atoms with Crippen LogP contribution in [0, 0.1) is 12.7 Å². The van der Waals surface area contributed by atoms with Gasteiger partial charge in [0, 0.05) is 10.0 Å². The SMILES string of the molecule is Cc1cccc(C(=O)c2c(F)cccc2Br)c1. The van der Waals surface area contributed by atoms with Gasteiger partial charge in [0.05, 0.1) is 5.56 Å². The highest BCUT2D eigenvalue weighted by atomic mass is 79.9. The lowest BCUT2D eigenvalue weighted by Gasteiger charge is -2.05. The molecule has 0 aromatic heterocycles. The molecule has 0 bridgehead atoms. The van der Waals surface area contributed by atoms with Crippen molar-refractivity contribution in [2.45, 2.75) is 6.92 Å². The van der Waals surface area contributed by atoms with E-state index in [2.05, 4.69) is 15.9 Å². The molecule has 0 unspecified atom stereocenters. The first-order valence-corrected chi connectivity index (χ1v) is 5.94. The molecule has 2 rings (SSSR count). The van der Waals surface area contributed by atoms with Gasteiger partial charge in [-0.15, -0.1) is 0 Å². The molecule has 0 heterocycles.